The Morgan fingerprint density at radius 2 is 1.94 bits per heavy atom. The van der Waals surface area contributed by atoms with E-state index in [1.54, 1.807) is 30.6 Å². The van der Waals surface area contributed by atoms with E-state index in [0.29, 0.717) is 5.95 Å². The molecule has 0 unspecified atom stereocenters. The van der Waals surface area contributed by atoms with E-state index in [4.69, 9.17) is 0 Å². The van der Waals surface area contributed by atoms with Crippen LogP contribution in [0.25, 0.3) is 0 Å². The third-order valence-electron chi connectivity index (χ3n) is 2.34. The number of nitrogens with zero attached hydrogens (tertiary/aromatic N) is 2. The molecule has 4 nitrogen and oxygen atoms in total. The van der Waals surface area contributed by atoms with Crippen LogP contribution in [0.2, 0.25) is 0 Å². The average Bonchev–Trinajstić information content (AvgIpc) is 2.38. The van der Waals surface area contributed by atoms with E-state index < -0.39 is 11.9 Å². The van der Waals surface area contributed by atoms with Crippen molar-refractivity contribution in [2.75, 3.05) is 11.9 Å². The Labute approximate surface area is 112 Å². The summed E-state index contributed by atoms with van der Waals surface area (Å²) in [5.41, 5.74) is 0.252. The molecule has 2 N–H and O–H groups in total. The summed E-state index contributed by atoms with van der Waals surface area (Å²) in [5, 5.41) is 12.7. The van der Waals surface area contributed by atoms with Crippen molar-refractivity contribution in [1.82, 2.24) is 9.97 Å². The fraction of sp³-hybridized carbons (Fsp3) is 0.167. The molecule has 1 aromatic carbocycles. The zero-order chi connectivity index (χ0) is 13.0. The molecule has 0 saturated heterocycles. The number of aliphatic hydroxyl groups excluding tert-OH is 1. The molecule has 2 rings (SSSR count). The average molecular weight is 312 g/mol. The van der Waals surface area contributed by atoms with Crippen molar-refractivity contribution in [3.05, 3.63) is 52.5 Å². The van der Waals surface area contributed by atoms with Gasteiger partial charge in [-0.25, -0.2) is 14.4 Å². The highest BCUT2D eigenvalue weighted by molar-refractivity contribution is 9.10. The van der Waals surface area contributed by atoms with E-state index in [1.807, 2.05) is 0 Å². The van der Waals surface area contributed by atoms with Crippen LogP contribution in [0, 0.1) is 5.82 Å². The predicted molar refractivity (Wildman–Crippen MR) is 69.6 cm³/mol. The van der Waals surface area contributed by atoms with Crippen LogP contribution < -0.4 is 5.32 Å². The predicted octanol–water partition coefficient (Wildman–Crippen LogP) is 2.52. The Morgan fingerprint density at radius 1 is 1.28 bits per heavy atom. The molecule has 94 valence electrons. The summed E-state index contributed by atoms with van der Waals surface area (Å²) in [6, 6.07) is 6.12. The molecule has 0 bridgehead atoms. The Kier molecular flexibility index (Phi) is 4.22. The highest BCUT2D eigenvalue weighted by Crippen LogP contribution is 2.16. The summed E-state index contributed by atoms with van der Waals surface area (Å²) in [6.07, 6.45) is 2.23. The van der Waals surface area contributed by atoms with Gasteiger partial charge in [-0.05, 0) is 22.0 Å². The van der Waals surface area contributed by atoms with Crippen LogP contribution in [0.3, 0.4) is 0 Å². The molecule has 2 aromatic rings. The maximum absolute atomic E-state index is 13.4. The van der Waals surface area contributed by atoms with Crippen molar-refractivity contribution in [3.63, 3.8) is 0 Å². The molecule has 0 radical (unpaired) electrons. The van der Waals surface area contributed by atoms with Crippen LogP contribution in [-0.4, -0.2) is 21.6 Å². The molecule has 1 atom stereocenters. The summed E-state index contributed by atoms with van der Waals surface area (Å²) >= 11 is 3.22. The van der Waals surface area contributed by atoms with E-state index in [1.165, 1.54) is 6.07 Å². The normalized spacial score (nSPS) is 12.2. The van der Waals surface area contributed by atoms with Gasteiger partial charge in [0.25, 0.3) is 0 Å². The Morgan fingerprint density at radius 3 is 2.61 bits per heavy atom. The Balaban J connectivity index is 1.98. The van der Waals surface area contributed by atoms with Gasteiger partial charge in [-0.15, -0.1) is 0 Å². The minimum absolute atomic E-state index is 0.141. The number of rotatable bonds is 4. The maximum atomic E-state index is 13.4. The first-order chi connectivity index (χ1) is 8.66. The standard InChI is InChI=1S/C12H11BrFN3O/c13-8-5-15-12(16-6-8)17-7-11(18)9-3-1-2-4-10(9)14/h1-6,11,18H,7H2,(H,15,16,17)/t11-/m0/s1. The first-order valence-electron chi connectivity index (χ1n) is 5.30. The van der Waals surface area contributed by atoms with Gasteiger partial charge in [-0.3, -0.25) is 0 Å². The minimum Gasteiger partial charge on any atom is -0.386 e. The smallest absolute Gasteiger partial charge is 0.222 e. The fourth-order valence-corrected chi connectivity index (χ4v) is 1.65. The second-order valence-electron chi connectivity index (χ2n) is 3.64. The van der Waals surface area contributed by atoms with E-state index in [2.05, 4.69) is 31.2 Å². The van der Waals surface area contributed by atoms with Crippen LogP contribution in [-0.2, 0) is 0 Å². The largest absolute Gasteiger partial charge is 0.386 e. The van der Waals surface area contributed by atoms with Gasteiger partial charge in [0.1, 0.15) is 5.82 Å². The second-order valence-corrected chi connectivity index (χ2v) is 4.56. The van der Waals surface area contributed by atoms with Crippen LogP contribution in [0.4, 0.5) is 10.3 Å². The molecule has 0 spiro atoms. The summed E-state index contributed by atoms with van der Waals surface area (Å²) in [4.78, 5) is 7.98. The van der Waals surface area contributed by atoms with Gasteiger partial charge in [-0.1, -0.05) is 18.2 Å². The number of aliphatic hydroxyl groups is 1. The number of nitrogens with one attached hydrogen (secondary N) is 1. The van der Waals surface area contributed by atoms with Gasteiger partial charge < -0.3 is 10.4 Å². The van der Waals surface area contributed by atoms with E-state index >= 15 is 0 Å². The molecule has 0 fully saturated rings. The molecule has 0 saturated carbocycles. The fourth-order valence-electron chi connectivity index (χ4n) is 1.45. The van der Waals surface area contributed by atoms with Crippen LogP contribution in [0.1, 0.15) is 11.7 Å². The molecule has 1 heterocycles. The lowest BCUT2D eigenvalue weighted by atomic mass is 10.1. The van der Waals surface area contributed by atoms with Crippen molar-refractivity contribution in [3.8, 4) is 0 Å². The number of hydrogen-bond acceptors (Lipinski definition) is 4. The molecule has 0 amide bonds. The number of aromatic nitrogens is 2. The van der Waals surface area contributed by atoms with Crippen LogP contribution >= 0.6 is 15.9 Å². The molecule has 1 aromatic heterocycles. The third-order valence-corrected chi connectivity index (χ3v) is 2.75. The topological polar surface area (TPSA) is 58.0 Å². The van der Waals surface area contributed by atoms with Crippen molar-refractivity contribution < 1.29 is 9.50 Å². The van der Waals surface area contributed by atoms with Gasteiger partial charge in [0.2, 0.25) is 5.95 Å². The quantitative estimate of drug-likeness (QED) is 0.911. The van der Waals surface area contributed by atoms with Gasteiger partial charge in [0.15, 0.2) is 0 Å². The highest BCUT2D eigenvalue weighted by atomic mass is 79.9. The van der Waals surface area contributed by atoms with Crippen molar-refractivity contribution in [1.29, 1.82) is 0 Å². The number of anilines is 1. The lowest BCUT2D eigenvalue weighted by Crippen LogP contribution is -2.14. The number of benzene rings is 1. The number of halogens is 2. The lowest BCUT2D eigenvalue weighted by Gasteiger charge is -2.12. The van der Waals surface area contributed by atoms with Gasteiger partial charge in [0.05, 0.1) is 10.6 Å². The maximum Gasteiger partial charge on any atom is 0.222 e. The summed E-state index contributed by atoms with van der Waals surface area (Å²) in [6.45, 7) is 0.141. The molecule has 0 aliphatic rings. The first-order valence-corrected chi connectivity index (χ1v) is 6.10. The highest BCUT2D eigenvalue weighted by Gasteiger charge is 2.12. The Bertz CT molecular complexity index is 521. The van der Waals surface area contributed by atoms with Crippen molar-refractivity contribution in [2.45, 2.75) is 6.10 Å². The van der Waals surface area contributed by atoms with Gasteiger partial charge in [-0.2, -0.15) is 0 Å². The molecule has 0 aliphatic carbocycles. The molecular weight excluding hydrogens is 301 g/mol. The monoisotopic (exact) mass is 311 g/mol. The minimum atomic E-state index is -0.946. The van der Waals surface area contributed by atoms with Crippen molar-refractivity contribution in [2.24, 2.45) is 0 Å². The SMILES string of the molecule is O[C@@H](CNc1ncc(Br)cn1)c1ccccc1F. The van der Waals surface area contributed by atoms with E-state index in [9.17, 15) is 9.50 Å². The van der Waals surface area contributed by atoms with Crippen LogP contribution in [0.5, 0.6) is 0 Å². The van der Waals surface area contributed by atoms with Gasteiger partial charge >= 0.3 is 0 Å². The lowest BCUT2D eigenvalue weighted by molar-refractivity contribution is 0.186. The molecule has 18 heavy (non-hydrogen) atoms. The molecule has 6 heteroatoms. The molecule has 0 aliphatic heterocycles. The Hall–Kier alpha value is -1.53. The second kappa shape index (κ2) is 5.88. The zero-order valence-corrected chi connectivity index (χ0v) is 10.9. The zero-order valence-electron chi connectivity index (χ0n) is 9.35. The number of hydrogen-bond donors (Lipinski definition) is 2. The van der Waals surface area contributed by atoms with E-state index in [-0.39, 0.29) is 12.1 Å². The summed E-state index contributed by atoms with van der Waals surface area (Å²) < 4.78 is 14.2. The first kappa shape index (κ1) is 12.9. The van der Waals surface area contributed by atoms with Crippen LogP contribution in [0.15, 0.2) is 41.1 Å². The van der Waals surface area contributed by atoms with E-state index in [0.717, 1.165) is 4.47 Å². The van der Waals surface area contributed by atoms with Gasteiger partial charge in [0, 0.05) is 24.5 Å². The molecular formula is C12H11BrFN3O. The summed E-state index contributed by atoms with van der Waals surface area (Å²) in [7, 11) is 0. The van der Waals surface area contributed by atoms with Crippen molar-refractivity contribution >= 4 is 21.9 Å². The summed E-state index contributed by atoms with van der Waals surface area (Å²) in [5.74, 6) is -0.0443. The third kappa shape index (κ3) is 3.24.